The maximum atomic E-state index is 12.5. The molecule has 19 heteroatoms. The van der Waals surface area contributed by atoms with Gasteiger partial charge in [-0.3, -0.25) is 0 Å². The molecular weight excluding hydrogens is 1480 g/mol. The average Bonchev–Trinajstić information content (AvgIpc) is 1.11. The number of thiazole rings is 1. The van der Waals surface area contributed by atoms with Crippen LogP contribution in [0.3, 0.4) is 0 Å². The van der Waals surface area contributed by atoms with Crippen LogP contribution in [0.4, 0.5) is 28.4 Å². The quantitative estimate of drug-likeness (QED) is 0.0403. The van der Waals surface area contributed by atoms with Crippen molar-refractivity contribution in [3.63, 3.8) is 0 Å². The van der Waals surface area contributed by atoms with E-state index < -0.39 is 0 Å². The van der Waals surface area contributed by atoms with Crippen molar-refractivity contribution < 1.29 is 40.4 Å². The van der Waals surface area contributed by atoms with E-state index in [0.29, 0.717) is 50.5 Å². The number of aryl methyl sites for hydroxylation is 3. The largest absolute Gasteiger partial charge is 0.422 e. The Hall–Kier alpha value is -12.0. The molecule has 0 bridgehead atoms. The molecule has 0 unspecified atom stereocenters. The van der Waals surface area contributed by atoms with Gasteiger partial charge in [0, 0.05) is 127 Å². The first-order chi connectivity index (χ1) is 54.4. The van der Waals surface area contributed by atoms with Crippen molar-refractivity contribution in [1.82, 2.24) is 0 Å². The van der Waals surface area contributed by atoms with E-state index in [0.717, 1.165) is 125 Å². The van der Waals surface area contributed by atoms with Crippen LogP contribution in [-0.2, 0) is 27.6 Å². The van der Waals surface area contributed by atoms with Crippen molar-refractivity contribution in [2.75, 3.05) is 79.0 Å². The minimum atomic E-state index is -0.362. The molecule has 0 N–H and O–H groups in total. The van der Waals surface area contributed by atoms with Crippen LogP contribution in [0, 0.1) is 0 Å². The van der Waals surface area contributed by atoms with Gasteiger partial charge in [0.15, 0.2) is 5.71 Å². The molecule has 0 aliphatic carbocycles. The number of oxazole rings is 1. The van der Waals surface area contributed by atoms with E-state index in [1.54, 1.807) is 23.5 Å². The number of benzene rings is 8. The van der Waals surface area contributed by atoms with Crippen molar-refractivity contribution in [3.8, 4) is 0 Å². The van der Waals surface area contributed by atoms with Crippen LogP contribution in [0.25, 0.3) is 118 Å². The number of anilines is 4. The number of aromatic nitrogens is 3. The van der Waals surface area contributed by atoms with Gasteiger partial charge in [-0.05, 0) is 127 Å². The van der Waals surface area contributed by atoms with Crippen molar-refractivity contribution in [1.29, 1.82) is 0 Å². The van der Waals surface area contributed by atoms with Crippen molar-refractivity contribution in [2.24, 2.45) is 21.1 Å². The van der Waals surface area contributed by atoms with E-state index in [1.165, 1.54) is 35.8 Å². The van der Waals surface area contributed by atoms with Gasteiger partial charge in [0.25, 0.3) is 10.5 Å². The molecule has 8 heterocycles. The van der Waals surface area contributed by atoms with Crippen LogP contribution >= 0.6 is 11.3 Å². The van der Waals surface area contributed by atoms with E-state index in [9.17, 15) is 19.2 Å². The summed E-state index contributed by atoms with van der Waals surface area (Å²) in [7, 11) is 8.10. The number of hydrogen-bond donors (Lipinski definition) is 0. The summed E-state index contributed by atoms with van der Waals surface area (Å²) in [6, 6.07) is 64.6. The molecule has 8 aromatic carbocycles. The smallest absolute Gasteiger partial charge is 0.373 e. The zero-order chi connectivity index (χ0) is 78.7. The van der Waals surface area contributed by atoms with E-state index in [2.05, 4.69) is 182 Å². The zero-order valence-electron chi connectivity index (χ0n) is 65.5. The monoisotopic (exact) mass is 1580 g/mol. The molecule has 568 valence electrons. The molecule has 0 atom stereocenters. The topological polar surface area (TPSA) is 162 Å². The standard InChI is InChI=1S/C24H25N2O2.C23H23N2O3.C23H23N2O2S.C23H23N2O2Se/c1-4-26(5-2)21-13-10-18-14-19(24(27)28-23(18)16-21)11-12-20-15-17-8-6-7-9-22(17)25(20)3;1-4-25(5-2)18-12-10-16-14-17(23(26)28-21(16)15-18)11-13-22-24(3)19-8-6-7-9-20(19)27-22;2*1-4-25(5-2)18-12-10-16-14-17(23(26)27-20(16)15-18)11-13-22-24(3)19-8-6-7-9-21(19)28-22/h6-14,16H,4-5,15H2,1-3H3;3*6-15H,4-5H2,1-3H3/q4*+1. The third-order valence-corrected chi connectivity index (χ3v) is 24.3. The summed E-state index contributed by atoms with van der Waals surface area (Å²) in [6.07, 6.45) is 16.0. The van der Waals surface area contributed by atoms with Gasteiger partial charge >= 0.3 is 193 Å². The molecule has 1 aliphatic heterocycles. The summed E-state index contributed by atoms with van der Waals surface area (Å²) in [5.74, 6) is 0.664. The molecular formula is C93H94N8O9SSe+4. The number of para-hydroxylation sites is 5. The first-order valence-electron chi connectivity index (χ1n) is 38.3. The molecule has 0 amide bonds. The molecule has 15 aromatic rings. The van der Waals surface area contributed by atoms with Crippen molar-refractivity contribution in [3.05, 3.63) is 285 Å². The molecule has 0 radical (unpaired) electrons. The predicted molar refractivity (Wildman–Crippen MR) is 463 cm³/mol. The van der Waals surface area contributed by atoms with Gasteiger partial charge in [-0.2, -0.15) is 13.7 Å². The van der Waals surface area contributed by atoms with Crippen LogP contribution < -0.4 is 55.8 Å². The normalized spacial score (nSPS) is 12.1. The summed E-state index contributed by atoms with van der Waals surface area (Å²) >= 11 is 1.95. The minimum absolute atomic E-state index is 0.248. The van der Waals surface area contributed by atoms with Crippen molar-refractivity contribution >= 4 is 177 Å². The summed E-state index contributed by atoms with van der Waals surface area (Å²) in [5, 5.41) is 4.77. The number of rotatable bonds is 20. The second kappa shape index (κ2) is 35.3. The summed E-state index contributed by atoms with van der Waals surface area (Å²) in [4.78, 5) is 58.9. The Morgan fingerprint density at radius 1 is 0.366 bits per heavy atom. The fraction of sp³-hybridized carbons (Fsp3) is 0.226. The van der Waals surface area contributed by atoms with E-state index in [-0.39, 0.29) is 37.0 Å². The first kappa shape index (κ1) is 78.1. The second-order valence-corrected chi connectivity index (χ2v) is 30.4. The summed E-state index contributed by atoms with van der Waals surface area (Å²) in [5.41, 5.74) is 15.6. The van der Waals surface area contributed by atoms with E-state index >= 15 is 0 Å². The summed E-state index contributed by atoms with van der Waals surface area (Å²) in [6.45, 7) is 24.2. The molecule has 0 fully saturated rings. The number of nitrogens with zero attached hydrogens (tertiary/aromatic N) is 8. The van der Waals surface area contributed by atoms with Gasteiger partial charge in [-0.15, -0.1) is 0 Å². The van der Waals surface area contributed by atoms with Crippen LogP contribution in [0.15, 0.2) is 241 Å². The Bertz CT molecular complexity index is 5930. The SMILES string of the molecule is CCN(CC)c1ccc2cc(/C=C/C3=[N+](C)c4ccccc4C3)c(=O)oc2c1.CCN(CC)c1ccc2cc(/C=C/c3[se]c4ccccc4[n+]3C)c(=O)oc2c1.CCN(CC)c1ccc2cc(/C=C/c3oc4ccccc4[n+]3C)c(=O)oc2c1.CCN(CC)c1ccc2cc(/C=C/c3sc4ccccc4[n+]3C)c(=O)oc2c1. The third-order valence-electron chi connectivity index (χ3n) is 20.6. The Balaban J connectivity index is 0.000000131. The fourth-order valence-electron chi connectivity index (χ4n) is 14.2. The number of hydrogen-bond acceptors (Lipinski definition) is 14. The zero-order valence-corrected chi connectivity index (χ0v) is 68.1. The van der Waals surface area contributed by atoms with Crippen LogP contribution in [-0.4, -0.2) is 84.2 Å². The Morgan fingerprint density at radius 2 is 0.759 bits per heavy atom. The average molecular weight is 1580 g/mol. The Morgan fingerprint density at radius 3 is 1.20 bits per heavy atom. The van der Waals surface area contributed by atoms with Crippen molar-refractivity contribution in [2.45, 2.75) is 61.8 Å². The maximum absolute atomic E-state index is 12.5. The molecule has 0 saturated carbocycles. The van der Waals surface area contributed by atoms with Gasteiger partial charge in [-0.1, -0.05) is 53.8 Å². The molecule has 7 aromatic heterocycles. The third kappa shape index (κ3) is 17.1. The van der Waals surface area contributed by atoms with Gasteiger partial charge < -0.3 is 32.4 Å². The second-order valence-electron chi connectivity index (χ2n) is 27.1. The molecule has 16 rings (SSSR count). The molecule has 112 heavy (non-hydrogen) atoms. The van der Waals surface area contributed by atoms with E-state index in [1.807, 2.05) is 170 Å². The number of fused-ring (bicyclic) bond motifs is 8. The molecule has 0 saturated heterocycles. The fourth-order valence-corrected chi connectivity index (χ4v) is 17.4. The molecule has 17 nitrogen and oxygen atoms in total. The number of allylic oxidation sites excluding steroid dienone is 1. The van der Waals surface area contributed by atoms with E-state index in [4.69, 9.17) is 22.1 Å². The van der Waals surface area contributed by atoms with Crippen LogP contribution in [0.1, 0.15) is 98.7 Å². The summed E-state index contributed by atoms with van der Waals surface area (Å²) < 4.78 is 40.6. The maximum Gasteiger partial charge on any atom is 0.373 e. The predicted octanol–water partition coefficient (Wildman–Crippen LogP) is 17.7. The Labute approximate surface area is 660 Å². The molecule has 1 aliphatic rings. The first-order valence-corrected chi connectivity index (χ1v) is 40.8. The van der Waals surface area contributed by atoms with Gasteiger partial charge in [0.2, 0.25) is 16.8 Å². The molecule has 0 spiro atoms. The van der Waals surface area contributed by atoms with Gasteiger partial charge in [0.05, 0.1) is 29.2 Å². The van der Waals surface area contributed by atoms with Gasteiger partial charge in [-0.25, -0.2) is 14.4 Å². The Kier molecular flexibility index (Phi) is 24.6. The minimum Gasteiger partial charge on any atom is -0.422 e. The van der Waals surface area contributed by atoms with Gasteiger partial charge in [0.1, 0.15) is 42.6 Å². The van der Waals surface area contributed by atoms with Crippen LogP contribution in [0.5, 0.6) is 0 Å². The van der Waals surface area contributed by atoms with Crippen LogP contribution in [0.2, 0.25) is 0 Å².